The highest BCUT2D eigenvalue weighted by atomic mass is 79.9. The van der Waals surface area contributed by atoms with E-state index in [0.717, 1.165) is 16.1 Å². The number of nitrogens with zero attached hydrogens (tertiary/aromatic N) is 2. The highest BCUT2D eigenvalue weighted by Crippen LogP contribution is 2.25. The fourth-order valence-electron chi connectivity index (χ4n) is 2.25. The molecule has 0 unspecified atom stereocenters. The van der Waals surface area contributed by atoms with Crippen LogP contribution in [0, 0.1) is 0 Å². The second kappa shape index (κ2) is 5.29. The lowest BCUT2D eigenvalue weighted by Crippen LogP contribution is -2.05. The van der Waals surface area contributed by atoms with Gasteiger partial charge in [-0.2, -0.15) is 0 Å². The smallest absolute Gasteiger partial charge is 0.207 e. The number of rotatable bonds is 3. The summed E-state index contributed by atoms with van der Waals surface area (Å²) in [7, 11) is 0. The van der Waals surface area contributed by atoms with E-state index in [0.29, 0.717) is 6.04 Å². The number of hydrogen-bond acceptors (Lipinski definition) is 2. The number of aromatic nitrogens is 2. The zero-order chi connectivity index (χ0) is 14.1. The maximum Gasteiger partial charge on any atom is 0.207 e. The lowest BCUT2D eigenvalue weighted by atomic mass is 10.1. The van der Waals surface area contributed by atoms with Crippen LogP contribution in [0.2, 0.25) is 0 Å². The van der Waals surface area contributed by atoms with Gasteiger partial charge in [-0.25, -0.2) is 4.98 Å². The summed E-state index contributed by atoms with van der Waals surface area (Å²) < 4.78 is 3.22. The SMILES string of the molecule is CC(C)n1ccnc1Nc1ccc2cc(Br)ccc2c1. The molecule has 4 heteroatoms. The number of hydrogen-bond donors (Lipinski definition) is 1. The third-order valence-electron chi connectivity index (χ3n) is 3.28. The molecule has 0 aliphatic carbocycles. The van der Waals surface area contributed by atoms with Crippen molar-refractivity contribution >= 4 is 38.3 Å². The van der Waals surface area contributed by atoms with Crippen molar-refractivity contribution in [3.63, 3.8) is 0 Å². The fourth-order valence-corrected chi connectivity index (χ4v) is 2.63. The third-order valence-corrected chi connectivity index (χ3v) is 3.78. The summed E-state index contributed by atoms with van der Waals surface area (Å²) >= 11 is 3.50. The van der Waals surface area contributed by atoms with Gasteiger partial charge in [-0.1, -0.05) is 28.1 Å². The van der Waals surface area contributed by atoms with Gasteiger partial charge in [0.2, 0.25) is 5.95 Å². The van der Waals surface area contributed by atoms with Gasteiger partial charge in [0.25, 0.3) is 0 Å². The van der Waals surface area contributed by atoms with Crippen LogP contribution < -0.4 is 5.32 Å². The molecule has 0 saturated heterocycles. The molecule has 0 amide bonds. The number of imidazole rings is 1. The van der Waals surface area contributed by atoms with Crippen LogP contribution in [-0.2, 0) is 0 Å². The Morgan fingerprint density at radius 3 is 2.65 bits per heavy atom. The van der Waals surface area contributed by atoms with E-state index in [2.05, 4.69) is 81.0 Å². The van der Waals surface area contributed by atoms with Crippen molar-refractivity contribution in [2.75, 3.05) is 5.32 Å². The molecule has 0 saturated carbocycles. The van der Waals surface area contributed by atoms with Gasteiger partial charge in [-0.15, -0.1) is 0 Å². The van der Waals surface area contributed by atoms with E-state index in [1.165, 1.54) is 10.8 Å². The van der Waals surface area contributed by atoms with E-state index < -0.39 is 0 Å². The van der Waals surface area contributed by atoms with Gasteiger partial charge >= 0.3 is 0 Å². The standard InChI is InChI=1S/C16H16BrN3/c1-11(2)20-8-7-18-16(20)19-15-6-4-12-9-14(17)5-3-13(12)10-15/h3-11H,1-2H3,(H,18,19). The molecule has 0 bridgehead atoms. The Kier molecular flexibility index (Phi) is 3.49. The van der Waals surface area contributed by atoms with Crippen molar-refractivity contribution in [2.24, 2.45) is 0 Å². The number of halogens is 1. The van der Waals surface area contributed by atoms with E-state index >= 15 is 0 Å². The number of fused-ring (bicyclic) bond motifs is 1. The molecule has 2 aromatic carbocycles. The third kappa shape index (κ3) is 2.56. The second-order valence-corrected chi connectivity index (χ2v) is 6.00. The first-order valence-electron chi connectivity index (χ1n) is 6.62. The monoisotopic (exact) mass is 329 g/mol. The van der Waals surface area contributed by atoms with Crippen LogP contribution >= 0.6 is 15.9 Å². The van der Waals surface area contributed by atoms with Gasteiger partial charge < -0.3 is 9.88 Å². The van der Waals surface area contributed by atoms with Crippen molar-refractivity contribution in [1.82, 2.24) is 9.55 Å². The Morgan fingerprint density at radius 1 is 1.10 bits per heavy atom. The molecule has 0 fully saturated rings. The highest BCUT2D eigenvalue weighted by molar-refractivity contribution is 9.10. The summed E-state index contributed by atoms with van der Waals surface area (Å²) in [6.45, 7) is 4.29. The van der Waals surface area contributed by atoms with Crippen molar-refractivity contribution in [1.29, 1.82) is 0 Å². The summed E-state index contributed by atoms with van der Waals surface area (Å²) in [4.78, 5) is 4.37. The molecule has 3 nitrogen and oxygen atoms in total. The summed E-state index contributed by atoms with van der Waals surface area (Å²) in [6.07, 6.45) is 3.81. The average Bonchev–Trinajstić information content (AvgIpc) is 2.87. The molecule has 1 aromatic heterocycles. The predicted octanol–water partition coefficient (Wildman–Crippen LogP) is 5.12. The molecule has 3 aromatic rings. The van der Waals surface area contributed by atoms with Crippen LogP contribution in [-0.4, -0.2) is 9.55 Å². The molecular formula is C16H16BrN3. The first-order valence-corrected chi connectivity index (χ1v) is 7.42. The quantitative estimate of drug-likeness (QED) is 0.722. The minimum absolute atomic E-state index is 0.386. The van der Waals surface area contributed by atoms with E-state index in [-0.39, 0.29) is 0 Å². The van der Waals surface area contributed by atoms with Gasteiger partial charge in [0.1, 0.15) is 0 Å². The first-order chi connectivity index (χ1) is 9.63. The van der Waals surface area contributed by atoms with E-state index in [1.54, 1.807) is 0 Å². The maximum absolute atomic E-state index is 4.37. The first kappa shape index (κ1) is 13.2. The fraction of sp³-hybridized carbons (Fsp3) is 0.188. The molecule has 0 spiro atoms. The zero-order valence-corrected chi connectivity index (χ0v) is 13.1. The van der Waals surface area contributed by atoms with E-state index in [1.807, 2.05) is 12.4 Å². The normalized spacial score (nSPS) is 11.2. The molecule has 0 aliphatic rings. The van der Waals surface area contributed by atoms with Crippen molar-refractivity contribution < 1.29 is 0 Å². The van der Waals surface area contributed by atoms with Crippen LogP contribution in [0.3, 0.4) is 0 Å². The van der Waals surface area contributed by atoms with E-state index in [9.17, 15) is 0 Å². The van der Waals surface area contributed by atoms with Gasteiger partial charge in [-0.3, -0.25) is 0 Å². The Bertz CT molecular complexity index is 746. The highest BCUT2D eigenvalue weighted by Gasteiger charge is 2.06. The Morgan fingerprint density at radius 2 is 1.85 bits per heavy atom. The molecular weight excluding hydrogens is 314 g/mol. The molecule has 0 aliphatic heterocycles. The summed E-state index contributed by atoms with van der Waals surface area (Å²) in [5, 5.41) is 5.81. The Balaban J connectivity index is 1.94. The predicted molar refractivity (Wildman–Crippen MR) is 87.5 cm³/mol. The van der Waals surface area contributed by atoms with Gasteiger partial charge in [0.05, 0.1) is 0 Å². The Labute approximate surface area is 126 Å². The molecule has 1 N–H and O–H groups in total. The van der Waals surface area contributed by atoms with Gasteiger partial charge in [-0.05, 0) is 48.9 Å². The van der Waals surface area contributed by atoms with E-state index in [4.69, 9.17) is 0 Å². The van der Waals surface area contributed by atoms with Crippen molar-refractivity contribution in [3.05, 3.63) is 53.3 Å². The van der Waals surface area contributed by atoms with Crippen molar-refractivity contribution in [3.8, 4) is 0 Å². The zero-order valence-electron chi connectivity index (χ0n) is 11.5. The number of benzene rings is 2. The molecule has 20 heavy (non-hydrogen) atoms. The van der Waals surface area contributed by atoms with Crippen LogP contribution in [0.4, 0.5) is 11.6 Å². The lowest BCUT2D eigenvalue weighted by Gasteiger charge is -2.13. The lowest BCUT2D eigenvalue weighted by molar-refractivity contribution is 0.608. The van der Waals surface area contributed by atoms with Crippen LogP contribution in [0.25, 0.3) is 10.8 Å². The van der Waals surface area contributed by atoms with Crippen LogP contribution in [0.15, 0.2) is 53.3 Å². The van der Waals surface area contributed by atoms with Gasteiger partial charge in [0.15, 0.2) is 0 Å². The number of nitrogens with one attached hydrogen (secondary N) is 1. The molecule has 102 valence electrons. The summed E-state index contributed by atoms with van der Waals surface area (Å²) in [5.74, 6) is 0.872. The molecule has 3 rings (SSSR count). The summed E-state index contributed by atoms with van der Waals surface area (Å²) in [5.41, 5.74) is 1.05. The largest absolute Gasteiger partial charge is 0.326 e. The summed E-state index contributed by atoms with van der Waals surface area (Å²) in [6, 6.07) is 13.0. The molecule has 1 heterocycles. The minimum atomic E-state index is 0.386. The number of anilines is 2. The molecule has 0 radical (unpaired) electrons. The topological polar surface area (TPSA) is 29.9 Å². The van der Waals surface area contributed by atoms with Gasteiger partial charge in [0, 0.05) is 28.6 Å². The van der Waals surface area contributed by atoms with Crippen LogP contribution in [0.1, 0.15) is 19.9 Å². The maximum atomic E-state index is 4.37. The Hall–Kier alpha value is -1.81. The second-order valence-electron chi connectivity index (χ2n) is 5.08. The average molecular weight is 330 g/mol. The molecule has 0 atom stereocenters. The van der Waals surface area contributed by atoms with Crippen LogP contribution in [0.5, 0.6) is 0 Å². The van der Waals surface area contributed by atoms with Crippen molar-refractivity contribution in [2.45, 2.75) is 19.9 Å². The minimum Gasteiger partial charge on any atom is -0.326 e.